The molecule has 0 aliphatic heterocycles. The van der Waals surface area contributed by atoms with Crippen molar-refractivity contribution in [2.24, 2.45) is 0 Å². The second-order valence-electron chi connectivity index (χ2n) is 10.4. The average molecular weight is 587 g/mol. The van der Waals surface area contributed by atoms with Crippen LogP contribution in [-0.4, -0.2) is 15.0 Å². The van der Waals surface area contributed by atoms with Gasteiger partial charge < -0.3 is 4.42 Å². The second kappa shape index (κ2) is 9.97. The van der Waals surface area contributed by atoms with Gasteiger partial charge in [0.1, 0.15) is 11.2 Å². The van der Waals surface area contributed by atoms with E-state index in [2.05, 4.69) is 18.2 Å². The van der Waals surface area contributed by atoms with E-state index in [1.807, 2.05) is 78.9 Å². The zero-order valence-electron chi connectivity index (χ0n) is 28.1. The molecule has 0 bridgehead atoms. The molecule has 0 fully saturated rings. The molecule has 4 nitrogen and oxygen atoms in total. The molecule has 0 radical (unpaired) electrons. The predicted molar refractivity (Wildman–Crippen MR) is 182 cm³/mol. The highest BCUT2D eigenvalue weighted by molar-refractivity contribution is 7.26. The largest absolute Gasteiger partial charge is 0.455 e. The smallest absolute Gasteiger partial charge is 0.167 e. The van der Waals surface area contributed by atoms with Gasteiger partial charge in [-0.05, 0) is 23.8 Å². The molecule has 0 atom stereocenters. The van der Waals surface area contributed by atoms with E-state index in [9.17, 15) is 0 Å². The van der Waals surface area contributed by atoms with Gasteiger partial charge in [0, 0.05) is 47.6 Å². The Kier molecular flexibility index (Phi) is 4.60. The van der Waals surface area contributed by atoms with Gasteiger partial charge in [-0.15, -0.1) is 11.3 Å². The van der Waals surface area contributed by atoms with E-state index in [0.29, 0.717) is 39.8 Å². The molecule has 0 unspecified atom stereocenters. The first-order valence-corrected chi connectivity index (χ1v) is 14.9. The minimum atomic E-state index is -0.441. The van der Waals surface area contributed by atoms with Crippen molar-refractivity contribution >= 4 is 53.4 Å². The summed E-state index contributed by atoms with van der Waals surface area (Å²) in [6, 6.07) is 33.7. The lowest BCUT2D eigenvalue weighted by Crippen LogP contribution is -2.00. The maximum absolute atomic E-state index is 8.62. The highest BCUT2D eigenvalue weighted by atomic mass is 32.1. The van der Waals surface area contributed by atoms with Crippen molar-refractivity contribution in [3.05, 3.63) is 139 Å². The van der Waals surface area contributed by atoms with Crippen LogP contribution in [0.15, 0.2) is 144 Å². The number of thiophene rings is 1. The monoisotopic (exact) mass is 586 g/mol. The lowest BCUT2D eigenvalue weighted by atomic mass is 10.0. The van der Waals surface area contributed by atoms with Gasteiger partial charge in [0.05, 0.1) is 12.4 Å². The maximum atomic E-state index is 8.62. The third-order valence-corrected chi connectivity index (χ3v) is 9.07. The predicted octanol–water partition coefficient (Wildman–Crippen LogP) is 10.8. The van der Waals surface area contributed by atoms with Gasteiger partial charge in [-0.3, -0.25) is 0 Å². The lowest BCUT2D eigenvalue weighted by Gasteiger charge is -2.09. The number of hydrogen-bond donors (Lipinski definition) is 0. The number of nitrogens with zero attached hydrogens (tertiary/aromatic N) is 3. The van der Waals surface area contributed by atoms with Crippen LogP contribution in [0.2, 0.25) is 0 Å². The number of fused-ring (bicyclic) bond motifs is 6. The molecule has 3 aromatic heterocycles. The van der Waals surface area contributed by atoms with Crippen molar-refractivity contribution < 1.29 is 11.3 Å². The normalized spacial score (nSPS) is 13.2. The van der Waals surface area contributed by atoms with E-state index < -0.39 is 18.1 Å². The fraction of sp³-hybridized carbons (Fsp3) is 0. The zero-order valence-corrected chi connectivity index (χ0v) is 23.9. The first kappa shape index (κ1) is 20.3. The fourth-order valence-electron chi connectivity index (χ4n) is 5.83. The highest BCUT2D eigenvalue weighted by Gasteiger charge is 2.20. The standard InChI is InChI=1S/C39H23N3OS/c1-3-12-24(13-4-1)26-17-9-18-28-29-19-10-21-31(35(29)43-34(26)28)38-40-37(25-14-5-2-6-15-25)41-39(42-38)32-22-11-20-30-27-16-7-8-23-33(27)44-36(30)32/h1-23H/i1D,3D,4D,12D,13D. The van der Waals surface area contributed by atoms with Gasteiger partial charge in [-0.25, -0.2) is 15.0 Å². The molecule has 0 aliphatic rings. The van der Waals surface area contributed by atoms with Gasteiger partial charge in [-0.1, -0.05) is 121 Å². The molecule has 6 aromatic carbocycles. The minimum absolute atomic E-state index is 0.0856. The number of benzene rings is 6. The Labute approximate surface area is 264 Å². The first-order valence-electron chi connectivity index (χ1n) is 16.6. The van der Waals surface area contributed by atoms with E-state index in [-0.39, 0.29) is 17.6 Å². The zero-order chi connectivity index (χ0) is 33.4. The van der Waals surface area contributed by atoms with Crippen LogP contribution >= 0.6 is 11.3 Å². The first-order chi connectivity index (χ1) is 23.9. The Morgan fingerprint density at radius 2 is 1.07 bits per heavy atom. The molecule has 0 N–H and O–H groups in total. The Bertz CT molecular complexity index is 2770. The van der Waals surface area contributed by atoms with Crippen LogP contribution in [-0.2, 0) is 0 Å². The Hall–Kier alpha value is -5.65. The van der Waals surface area contributed by atoms with E-state index in [0.717, 1.165) is 32.0 Å². The van der Waals surface area contributed by atoms with Crippen LogP contribution in [0.3, 0.4) is 0 Å². The Morgan fingerprint density at radius 3 is 1.86 bits per heavy atom. The fourth-order valence-corrected chi connectivity index (χ4v) is 7.05. The van der Waals surface area contributed by atoms with Crippen LogP contribution in [0.5, 0.6) is 0 Å². The highest BCUT2D eigenvalue weighted by Crippen LogP contribution is 2.41. The molecule has 5 heteroatoms. The molecule has 3 heterocycles. The molecular weight excluding hydrogens is 559 g/mol. The number of para-hydroxylation sites is 2. The second-order valence-corrected chi connectivity index (χ2v) is 11.5. The Morgan fingerprint density at radius 1 is 0.477 bits per heavy atom. The van der Waals surface area contributed by atoms with Gasteiger partial charge in [-0.2, -0.15) is 0 Å². The van der Waals surface area contributed by atoms with E-state index in [4.69, 9.17) is 26.2 Å². The maximum Gasteiger partial charge on any atom is 0.167 e. The summed E-state index contributed by atoms with van der Waals surface area (Å²) in [5, 5.41) is 3.86. The average Bonchev–Trinajstić information content (AvgIpc) is 3.73. The molecule has 206 valence electrons. The summed E-state index contributed by atoms with van der Waals surface area (Å²) < 4.78 is 50.7. The molecule has 0 amide bonds. The van der Waals surface area contributed by atoms with Gasteiger partial charge in [0.15, 0.2) is 17.5 Å². The quantitative estimate of drug-likeness (QED) is 0.206. The van der Waals surface area contributed by atoms with Crippen LogP contribution in [0.1, 0.15) is 6.85 Å². The summed E-state index contributed by atoms with van der Waals surface area (Å²) in [5.41, 5.74) is 3.82. The minimum Gasteiger partial charge on any atom is -0.455 e. The molecule has 0 saturated carbocycles. The molecule has 9 aromatic rings. The van der Waals surface area contributed by atoms with Crippen molar-refractivity contribution in [1.29, 1.82) is 0 Å². The lowest BCUT2D eigenvalue weighted by molar-refractivity contribution is 0.670. The summed E-state index contributed by atoms with van der Waals surface area (Å²) in [6.45, 7) is 0. The van der Waals surface area contributed by atoms with Crippen molar-refractivity contribution in [2.45, 2.75) is 0 Å². The van der Waals surface area contributed by atoms with Gasteiger partial charge >= 0.3 is 0 Å². The van der Waals surface area contributed by atoms with Crippen molar-refractivity contribution in [2.75, 3.05) is 0 Å². The van der Waals surface area contributed by atoms with Crippen LogP contribution in [0, 0.1) is 0 Å². The van der Waals surface area contributed by atoms with E-state index in [1.54, 1.807) is 23.5 Å². The summed E-state index contributed by atoms with van der Waals surface area (Å²) in [4.78, 5) is 15.1. The molecule has 0 saturated heterocycles. The van der Waals surface area contributed by atoms with Crippen molar-refractivity contribution in [3.63, 3.8) is 0 Å². The number of rotatable bonds is 4. The van der Waals surface area contributed by atoms with Crippen LogP contribution in [0.25, 0.3) is 87.4 Å². The summed E-state index contributed by atoms with van der Waals surface area (Å²) in [6.07, 6.45) is 0. The molecule has 0 aliphatic carbocycles. The third kappa shape index (κ3) is 3.94. The van der Waals surface area contributed by atoms with Gasteiger partial charge in [0.25, 0.3) is 0 Å². The van der Waals surface area contributed by atoms with Crippen LogP contribution in [0.4, 0.5) is 0 Å². The number of furan rings is 1. The SMILES string of the molecule is [2H]c1c([2H])c([2H])c(-c2cccc3c2oc2c(-c4nc(-c5ccccc5)nc(-c5cccc6c5sc5ccccc56)n4)cccc23)c([2H])c1[2H]. The Balaban J connectivity index is 1.31. The van der Waals surface area contributed by atoms with Crippen molar-refractivity contribution in [3.8, 4) is 45.3 Å². The van der Waals surface area contributed by atoms with Gasteiger partial charge in [0.2, 0.25) is 0 Å². The third-order valence-electron chi connectivity index (χ3n) is 7.85. The number of hydrogen-bond acceptors (Lipinski definition) is 5. The molecule has 9 rings (SSSR count). The van der Waals surface area contributed by atoms with E-state index >= 15 is 0 Å². The summed E-state index contributed by atoms with van der Waals surface area (Å²) in [5.74, 6) is 1.48. The molecule has 0 spiro atoms. The topological polar surface area (TPSA) is 51.8 Å². The number of aromatic nitrogens is 3. The van der Waals surface area contributed by atoms with Crippen LogP contribution < -0.4 is 0 Å². The summed E-state index contributed by atoms with van der Waals surface area (Å²) >= 11 is 1.71. The summed E-state index contributed by atoms with van der Waals surface area (Å²) in [7, 11) is 0. The molecule has 44 heavy (non-hydrogen) atoms. The van der Waals surface area contributed by atoms with E-state index in [1.165, 1.54) is 10.1 Å². The molecular formula is C39H23N3OS. The van der Waals surface area contributed by atoms with Crippen molar-refractivity contribution in [1.82, 2.24) is 15.0 Å².